The Bertz CT molecular complexity index is 1790. The van der Waals surface area contributed by atoms with Gasteiger partial charge in [-0.3, -0.25) is 4.79 Å². The lowest BCUT2D eigenvalue weighted by atomic mass is 9.99. The van der Waals surface area contributed by atoms with E-state index in [2.05, 4.69) is 27.2 Å². The summed E-state index contributed by atoms with van der Waals surface area (Å²) in [5, 5.41) is 13.2. The first-order valence-corrected chi connectivity index (χ1v) is 15.6. The van der Waals surface area contributed by atoms with Gasteiger partial charge in [0, 0.05) is 54.6 Å². The van der Waals surface area contributed by atoms with E-state index < -0.39 is 17.9 Å². The van der Waals surface area contributed by atoms with Gasteiger partial charge in [-0.25, -0.2) is 4.79 Å². The Morgan fingerprint density at radius 1 is 0.761 bits per heavy atom. The molecule has 1 atom stereocenters. The molecule has 0 saturated carbocycles. The third-order valence-electron chi connectivity index (χ3n) is 8.11. The van der Waals surface area contributed by atoms with Crippen molar-refractivity contribution in [3.05, 3.63) is 144 Å². The number of anilines is 2. The molecule has 0 unspecified atom stereocenters. The van der Waals surface area contributed by atoms with Crippen LogP contribution in [0, 0.1) is 0 Å². The Morgan fingerprint density at radius 3 is 2.09 bits per heavy atom. The van der Waals surface area contributed by atoms with Gasteiger partial charge in [0.2, 0.25) is 0 Å². The Balaban J connectivity index is 1.14. The van der Waals surface area contributed by atoms with Crippen LogP contribution in [0.15, 0.2) is 127 Å². The van der Waals surface area contributed by atoms with E-state index in [1.807, 2.05) is 103 Å². The highest BCUT2D eigenvalue weighted by atomic mass is 35.5. The standard InChI is InChI=1S/C38H34ClN3O4/c39-29-19-20-35(42-23-21-41(22-24-42)30-9-3-1-4-10-30)33(26-29)37(43)40-34(38(44)45)25-27-15-17-28(18-16-27)32-13-7-8-14-36(32)46-31-11-5-2-6-12-31/h1-20,26,34H,21-25H2,(H,40,43)(H,44,45)/t34-/m0/s1. The van der Waals surface area contributed by atoms with E-state index in [-0.39, 0.29) is 6.42 Å². The van der Waals surface area contributed by atoms with Crippen molar-refractivity contribution in [1.82, 2.24) is 5.32 Å². The van der Waals surface area contributed by atoms with Gasteiger partial charge in [0.25, 0.3) is 5.91 Å². The molecule has 232 valence electrons. The summed E-state index contributed by atoms with van der Waals surface area (Å²) in [6, 6.07) is 39.3. The number of aliphatic carboxylic acids is 1. The van der Waals surface area contributed by atoms with Gasteiger partial charge in [0.15, 0.2) is 0 Å². The number of carboxylic acids is 1. The summed E-state index contributed by atoms with van der Waals surface area (Å²) in [6.07, 6.45) is 0.120. The molecule has 0 radical (unpaired) electrons. The fourth-order valence-electron chi connectivity index (χ4n) is 5.71. The highest BCUT2D eigenvalue weighted by molar-refractivity contribution is 6.31. The molecule has 6 rings (SSSR count). The van der Waals surface area contributed by atoms with Crippen LogP contribution >= 0.6 is 11.6 Å². The molecular formula is C38H34ClN3O4. The van der Waals surface area contributed by atoms with Crippen LogP contribution in [0.2, 0.25) is 5.02 Å². The van der Waals surface area contributed by atoms with E-state index >= 15 is 0 Å². The van der Waals surface area contributed by atoms with Crippen molar-refractivity contribution >= 4 is 34.9 Å². The van der Waals surface area contributed by atoms with Crippen LogP contribution in [-0.2, 0) is 11.2 Å². The summed E-state index contributed by atoms with van der Waals surface area (Å²) in [7, 11) is 0. The number of para-hydroxylation sites is 3. The lowest BCUT2D eigenvalue weighted by Gasteiger charge is -2.38. The summed E-state index contributed by atoms with van der Waals surface area (Å²) >= 11 is 6.32. The molecule has 46 heavy (non-hydrogen) atoms. The van der Waals surface area contributed by atoms with E-state index in [1.165, 1.54) is 5.69 Å². The van der Waals surface area contributed by atoms with Crippen LogP contribution in [0.1, 0.15) is 15.9 Å². The molecule has 1 aliphatic rings. The number of benzene rings is 5. The maximum Gasteiger partial charge on any atom is 0.326 e. The molecule has 7 nitrogen and oxygen atoms in total. The first kappa shape index (κ1) is 30.7. The van der Waals surface area contributed by atoms with Gasteiger partial charge in [-0.15, -0.1) is 0 Å². The highest BCUT2D eigenvalue weighted by Gasteiger charge is 2.26. The first-order chi connectivity index (χ1) is 22.4. The number of ether oxygens (including phenoxy) is 1. The van der Waals surface area contributed by atoms with Gasteiger partial charge in [0.05, 0.1) is 5.56 Å². The maximum atomic E-state index is 13.6. The molecule has 1 heterocycles. The van der Waals surface area contributed by atoms with Crippen LogP contribution in [-0.4, -0.2) is 49.2 Å². The summed E-state index contributed by atoms with van der Waals surface area (Å²) in [6.45, 7) is 3.02. The average molecular weight is 632 g/mol. The van der Waals surface area contributed by atoms with Crippen molar-refractivity contribution in [2.24, 2.45) is 0 Å². The van der Waals surface area contributed by atoms with Gasteiger partial charge >= 0.3 is 5.97 Å². The molecule has 8 heteroatoms. The number of piperazine rings is 1. The Hall–Kier alpha value is -5.27. The van der Waals surface area contributed by atoms with E-state index in [9.17, 15) is 14.7 Å². The van der Waals surface area contributed by atoms with Crippen molar-refractivity contribution in [3.63, 3.8) is 0 Å². The van der Waals surface area contributed by atoms with Crippen LogP contribution in [0.5, 0.6) is 11.5 Å². The number of carbonyl (C=O) groups is 2. The molecule has 0 aliphatic carbocycles. The van der Waals surface area contributed by atoms with Gasteiger partial charge in [-0.05, 0) is 59.7 Å². The predicted molar refractivity (Wildman–Crippen MR) is 183 cm³/mol. The number of nitrogens with one attached hydrogen (secondary N) is 1. The molecule has 0 aromatic heterocycles. The number of hydrogen-bond acceptors (Lipinski definition) is 5. The van der Waals surface area contributed by atoms with E-state index in [1.54, 1.807) is 12.1 Å². The molecule has 1 aliphatic heterocycles. The molecule has 0 spiro atoms. The quantitative estimate of drug-likeness (QED) is 0.166. The summed E-state index contributed by atoms with van der Waals surface area (Å²) in [5.74, 6) is -0.127. The Morgan fingerprint density at radius 2 is 1.39 bits per heavy atom. The molecule has 1 saturated heterocycles. The zero-order valence-electron chi connectivity index (χ0n) is 25.2. The number of halogens is 1. The highest BCUT2D eigenvalue weighted by Crippen LogP contribution is 2.33. The first-order valence-electron chi connectivity index (χ1n) is 15.2. The molecule has 0 bridgehead atoms. The monoisotopic (exact) mass is 631 g/mol. The summed E-state index contributed by atoms with van der Waals surface area (Å²) in [4.78, 5) is 30.4. The van der Waals surface area contributed by atoms with E-state index in [0.29, 0.717) is 23.7 Å². The zero-order chi connectivity index (χ0) is 31.9. The number of rotatable bonds is 10. The van der Waals surface area contributed by atoms with Crippen LogP contribution < -0.4 is 19.9 Å². The second-order valence-electron chi connectivity index (χ2n) is 11.1. The van der Waals surface area contributed by atoms with Crippen LogP contribution in [0.3, 0.4) is 0 Å². The smallest absolute Gasteiger partial charge is 0.326 e. The number of carbonyl (C=O) groups excluding carboxylic acids is 1. The number of nitrogens with zero attached hydrogens (tertiary/aromatic N) is 2. The van der Waals surface area contributed by atoms with Gasteiger partial charge in [-0.1, -0.05) is 90.5 Å². The van der Waals surface area contributed by atoms with E-state index in [0.717, 1.165) is 47.0 Å². The second kappa shape index (κ2) is 14.2. The van der Waals surface area contributed by atoms with Crippen molar-refractivity contribution in [2.75, 3.05) is 36.0 Å². The predicted octanol–water partition coefficient (Wildman–Crippen LogP) is 7.55. The summed E-state index contributed by atoms with van der Waals surface area (Å²) in [5.41, 5.74) is 4.89. The van der Waals surface area contributed by atoms with Gasteiger partial charge < -0.3 is 25.0 Å². The minimum atomic E-state index is -1.13. The molecule has 1 amide bonds. The van der Waals surface area contributed by atoms with Crippen molar-refractivity contribution < 1.29 is 19.4 Å². The lowest BCUT2D eigenvalue weighted by molar-refractivity contribution is -0.139. The third kappa shape index (κ3) is 7.33. The Labute approximate surface area is 273 Å². The maximum absolute atomic E-state index is 13.6. The largest absolute Gasteiger partial charge is 0.480 e. The molecular weight excluding hydrogens is 598 g/mol. The molecule has 1 fully saturated rings. The molecule has 2 N–H and O–H groups in total. The summed E-state index contributed by atoms with van der Waals surface area (Å²) < 4.78 is 6.12. The SMILES string of the molecule is O=C(N[C@@H](Cc1ccc(-c2ccccc2Oc2ccccc2)cc1)C(=O)O)c1cc(Cl)ccc1N1CCN(c2ccccc2)CC1. The zero-order valence-corrected chi connectivity index (χ0v) is 25.9. The normalized spacial score (nSPS) is 13.6. The molecule has 5 aromatic rings. The second-order valence-corrected chi connectivity index (χ2v) is 11.6. The number of amides is 1. The minimum absolute atomic E-state index is 0.120. The van der Waals surface area contributed by atoms with Gasteiger partial charge in [-0.2, -0.15) is 0 Å². The fraction of sp³-hybridized carbons (Fsp3) is 0.158. The Kier molecular flexibility index (Phi) is 9.51. The van der Waals surface area contributed by atoms with Crippen molar-refractivity contribution in [1.29, 1.82) is 0 Å². The third-order valence-corrected chi connectivity index (χ3v) is 8.35. The van der Waals surface area contributed by atoms with Crippen molar-refractivity contribution in [3.8, 4) is 22.6 Å². The lowest BCUT2D eigenvalue weighted by Crippen LogP contribution is -2.47. The van der Waals surface area contributed by atoms with E-state index in [4.69, 9.17) is 16.3 Å². The van der Waals surface area contributed by atoms with Crippen LogP contribution in [0.4, 0.5) is 11.4 Å². The molecule has 5 aromatic carbocycles. The van der Waals surface area contributed by atoms with Gasteiger partial charge in [0.1, 0.15) is 17.5 Å². The number of hydrogen-bond donors (Lipinski definition) is 2. The fourth-order valence-corrected chi connectivity index (χ4v) is 5.88. The average Bonchev–Trinajstić information content (AvgIpc) is 3.09. The van der Waals surface area contributed by atoms with Crippen molar-refractivity contribution in [2.45, 2.75) is 12.5 Å². The number of carboxylic acid groups (broad SMARTS) is 1. The van der Waals surface area contributed by atoms with Crippen LogP contribution in [0.25, 0.3) is 11.1 Å². The minimum Gasteiger partial charge on any atom is -0.480 e. The topological polar surface area (TPSA) is 82.1 Å².